The third kappa shape index (κ3) is 6.46. The van der Waals surface area contributed by atoms with E-state index >= 15 is 0 Å². The van der Waals surface area contributed by atoms with Crippen molar-refractivity contribution in [1.82, 2.24) is 0 Å². The number of sulfonamides is 2. The first-order valence-corrected chi connectivity index (χ1v) is 14.7. The molecule has 0 atom stereocenters. The van der Waals surface area contributed by atoms with Crippen molar-refractivity contribution in [3.63, 3.8) is 0 Å². The zero-order valence-electron chi connectivity index (χ0n) is 19.6. The number of halogens is 2. The highest BCUT2D eigenvalue weighted by Crippen LogP contribution is 2.30. The fourth-order valence-corrected chi connectivity index (χ4v) is 6.39. The molecule has 0 aliphatic rings. The van der Waals surface area contributed by atoms with Gasteiger partial charge < -0.3 is 5.32 Å². The van der Waals surface area contributed by atoms with E-state index in [0.29, 0.717) is 10.7 Å². The van der Waals surface area contributed by atoms with Crippen molar-refractivity contribution >= 4 is 66.2 Å². The highest BCUT2D eigenvalue weighted by atomic mass is 35.5. The van der Waals surface area contributed by atoms with E-state index in [1.165, 1.54) is 60.7 Å². The van der Waals surface area contributed by atoms with Crippen LogP contribution in [-0.4, -0.2) is 29.3 Å². The van der Waals surface area contributed by atoms with Crippen LogP contribution in [0.2, 0.25) is 10.0 Å². The standard InChI is InChI=1S/C26H21Cl2N3O5S2/c27-19-10-12-21(13-11-19)30-37(33,34)22-16-14-20(15-17-22)29-26(32)18-31(25-9-5-4-8-24(25)28)38(35,36)23-6-2-1-3-7-23/h1-17,30H,18H2,(H,29,32). The summed E-state index contributed by atoms with van der Waals surface area (Å²) in [5.41, 5.74) is 0.755. The smallest absolute Gasteiger partial charge is 0.264 e. The first kappa shape index (κ1) is 27.5. The van der Waals surface area contributed by atoms with Gasteiger partial charge in [-0.1, -0.05) is 53.5 Å². The van der Waals surface area contributed by atoms with Gasteiger partial charge in [0.15, 0.2) is 0 Å². The maximum Gasteiger partial charge on any atom is 0.264 e. The Labute approximate surface area is 230 Å². The second kappa shape index (κ2) is 11.4. The van der Waals surface area contributed by atoms with Gasteiger partial charge in [0.1, 0.15) is 6.54 Å². The van der Waals surface area contributed by atoms with Gasteiger partial charge in [-0.05, 0) is 72.8 Å². The third-order valence-corrected chi connectivity index (χ3v) is 9.03. The monoisotopic (exact) mass is 589 g/mol. The molecule has 4 aromatic rings. The maximum absolute atomic E-state index is 13.4. The maximum atomic E-state index is 13.4. The average molecular weight is 591 g/mol. The molecule has 8 nitrogen and oxygen atoms in total. The van der Waals surface area contributed by atoms with Crippen LogP contribution < -0.4 is 14.3 Å². The van der Waals surface area contributed by atoms with Gasteiger partial charge >= 0.3 is 0 Å². The van der Waals surface area contributed by atoms with Crippen LogP contribution in [0, 0.1) is 0 Å². The summed E-state index contributed by atoms with van der Waals surface area (Å²) in [6, 6.07) is 25.6. The van der Waals surface area contributed by atoms with Gasteiger partial charge in [0.2, 0.25) is 5.91 Å². The number of benzene rings is 4. The number of nitrogens with zero attached hydrogens (tertiary/aromatic N) is 1. The Morgan fingerprint density at radius 3 is 1.89 bits per heavy atom. The first-order valence-electron chi connectivity index (χ1n) is 11.1. The number of hydrogen-bond acceptors (Lipinski definition) is 5. The van der Waals surface area contributed by atoms with Crippen LogP contribution in [0.3, 0.4) is 0 Å². The predicted octanol–water partition coefficient (Wildman–Crippen LogP) is 5.63. The van der Waals surface area contributed by atoms with E-state index in [1.54, 1.807) is 42.5 Å². The lowest BCUT2D eigenvalue weighted by molar-refractivity contribution is -0.114. The Balaban J connectivity index is 1.52. The van der Waals surface area contributed by atoms with Crippen LogP contribution in [0.4, 0.5) is 17.1 Å². The lowest BCUT2D eigenvalue weighted by Gasteiger charge is -2.25. The second-order valence-corrected chi connectivity index (χ2v) is 12.3. The van der Waals surface area contributed by atoms with E-state index in [0.717, 1.165) is 4.31 Å². The van der Waals surface area contributed by atoms with Crippen molar-refractivity contribution in [3.8, 4) is 0 Å². The fourth-order valence-electron chi connectivity index (χ4n) is 3.45. The number of amides is 1. The number of carbonyl (C=O) groups excluding carboxylic acids is 1. The Morgan fingerprint density at radius 1 is 0.684 bits per heavy atom. The minimum Gasteiger partial charge on any atom is -0.325 e. The van der Waals surface area contributed by atoms with Crippen molar-refractivity contribution < 1.29 is 21.6 Å². The summed E-state index contributed by atoms with van der Waals surface area (Å²) < 4.78 is 55.5. The largest absolute Gasteiger partial charge is 0.325 e. The summed E-state index contributed by atoms with van der Waals surface area (Å²) >= 11 is 12.1. The topological polar surface area (TPSA) is 113 Å². The van der Waals surface area contributed by atoms with E-state index in [1.807, 2.05) is 0 Å². The number of para-hydroxylation sites is 1. The quantitative estimate of drug-likeness (QED) is 0.263. The molecule has 0 spiro atoms. The van der Waals surface area contributed by atoms with E-state index in [4.69, 9.17) is 23.2 Å². The van der Waals surface area contributed by atoms with E-state index in [9.17, 15) is 21.6 Å². The van der Waals surface area contributed by atoms with Gasteiger partial charge in [0, 0.05) is 16.4 Å². The molecule has 0 aromatic heterocycles. The molecule has 12 heteroatoms. The first-order chi connectivity index (χ1) is 18.1. The minimum absolute atomic E-state index is 0.00420. The van der Waals surface area contributed by atoms with Crippen LogP contribution in [0.25, 0.3) is 0 Å². The van der Waals surface area contributed by atoms with E-state index in [2.05, 4.69) is 10.0 Å². The molecule has 2 N–H and O–H groups in total. The molecule has 38 heavy (non-hydrogen) atoms. The molecular formula is C26H21Cl2N3O5S2. The zero-order chi connectivity index (χ0) is 27.3. The molecule has 0 aliphatic heterocycles. The summed E-state index contributed by atoms with van der Waals surface area (Å²) in [5.74, 6) is -0.653. The molecule has 0 saturated heterocycles. The van der Waals surface area contributed by atoms with E-state index < -0.39 is 32.5 Å². The van der Waals surface area contributed by atoms with Crippen molar-refractivity contribution in [3.05, 3.63) is 113 Å². The summed E-state index contributed by atoms with van der Waals surface area (Å²) in [5, 5.41) is 3.23. The number of hydrogen-bond donors (Lipinski definition) is 2. The summed E-state index contributed by atoms with van der Waals surface area (Å²) in [7, 11) is -8.02. The zero-order valence-corrected chi connectivity index (χ0v) is 22.7. The molecule has 0 saturated carbocycles. The minimum atomic E-state index is -4.13. The number of nitrogens with one attached hydrogen (secondary N) is 2. The lowest BCUT2D eigenvalue weighted by atomic mass is 10.3. The molecule has 0 radical (unpaired) electrons. The van der Waals surface area contributed by atoms with Gasteiger partial charge in [-0.15, -0.1) is 0 Å². The lowest BCUT2D eigenvalue weighted by Crippen LogP contribution is -2.38. The molecule has 4 rings (SSSR count). The summed E-state index contributed by atoms with van der Waals surface area (Å²) in [6.07, 6.45) is 0. The third-order valence-electron chi connectivity index (χ3n) is 5.28. The number of rotatable bonds is 9. The Bertz CT molecular complexity index is 1650. The van der Waals surface area contributed by atoms with Crippen molar-refractivity contribution in [2.75, 3.05) is 20.9 Å². The van der Waals surface area contributed by atoms with Crippen LogP contribution in [-0.2, 0) is 24.8 Å². The molecule has 0 aliphatic carbocycles. The van der Waals surface area contributed by atoms with Gasteiger partial charge in [0.25, 0.3) is 20.0 Å². The van der Waals surface area contributed by atoms with Gasteiger partial charge in [0.05, 0.1) is 20.5 Å². The highest BCUT2D eigenvalue weighted by Gasteiger charge is 2.28. The average Bonchev–Trinajstić information content (AvgIpc) is 2.90. The van der Waals surface area contributed by atoms with E-state index in [-0.39, 0.29) is 26.2 Å². The van der Waals surface area contributed by atoms with Crippen LogP contribution >= 0.6 is 23.2 Å². The highest BCUT2D eigenvalue weighted by molar-refractivity contribution is 7.93. The summed E-state index contributed by atoms with van der Waals surface area (Å²) in [4.78, 5) is 12.9. The Kier molecular flexibility index (Phi) is 8.27. The predicted molar refractivity (Wildman–Crippen MR) is 150 cm³/mol. The van der Waals surface area contributed by atoms with Gasteiger partial charge in [-0.3, -0.25) is 13.8 Å². The molecule has 196 valence electrons. The van der Waals surface area contributed by atoms with Gasteiger partial charge in [-0.25, -0.2) is 16.8 Å². The van der Waals surface area contributed by atoms with Crippen molar-refractivity contribution in [2.45, 2.75) is 9.79 Å². The van der Waals surface area contributed by atoms with Crippen molar-refractivity contribution in [2.24, 2.45) is 0 Å². The summed E-state index contributed by atoms with van der Waals surface area (Å²) in [6.45, 7) is -0.570. The normalized spacial score (nSPS) is 11.5. The Hall–Kier alpha value is -3.57. The number of carbonyl (C=O) groups is 1. The molecule has 0 heterocycles. The Morgan fingerprint density at radius 2 is 1.26 bits per heavy atom. The fraction of sp³-hybridized carbons (Fsp3) is 0.0385. The van der Waals surface area contributed by atoms with Crippen LogP contribution in [0.5, 0.6) is 0 Å². The second-order valence-electron chi connectivity index (χ2n) is 7.96. The van der Waals surface area contributed by atoms with Crippen LogP contribution in [0.1, 0.15) is 0 Å². The molecule has 0 unspecified atom stereocenters. The molecule has 1 amide bonds. The molecule has 4 aromatic carbocycles. The molecule has 0 fully saturated rings. The molecular weight excluding hydrogens is 569 g/mol. The van der Waals surface area contributed by atoms with Gasteiger partial charge in [-0.2, -0.15) is 0 Å². The number of anilines is 3. The molecule has 0 bridgehead atoms. The van der Waals surface area contributed by atoms with Crippen molar-refractivity contribution in [1.29, 1.82) is 0 Å². The SMILES string of the molecule is O=C(CN(c1ccccc1Cl)S(=O)(=O)c1ccccc1)Nc1ccc(S(=O)(=O)Nc2ccc(Cl)cc2)cc1. The van der Waals surface area contributed by atoms with Crippen LogP contribution in [0.15, 0.2) is 113 Å².